The van der Waals surface area contributed by atoms with Gasteiger partial charge in [-0.1, -0.05) is 29.6 Å². The fourth-order valence-corrected chi connectivity index (χ4v) is 4.53. The number of benzene rings is 1. The first-order chi connectivity index (χ1) is 13.1. The van der Waals surface area contributed by atoms with Crippen molar-refractivity contribution in [3.05, 3.63) is 51.5 Å². The van der Waals surface area contributed by atoms with Gasteiger partial charge in [-0.2, -0.15) is 0 Å². The van der Waals surface area contributed by atoms with Gasteiger partial charge in [-0.3, -0.25) is 4.79 Å². The molecule has 0 aliphatic carbocycles. The SMILES string of the molecule is O=C(C=Cc1cc(Cl)cc(Cl)c1)N1CCCC1c1nnc2n1CCCCC2. The first-order valence-corrected chi connectivity index (χ1v) is 10.2. The third-order valence-corrected chi connectivity index (χ3v) is 5.71. The molecule has 1 aromatic heterocycles. The van der Waals surface area contributed by atoms with Crippen molar-refractivity contribution < 1.29 is 4.79 Å². The monoisotopic (exact) mass is 404 g/mol. The molecule has 1 fully saturated rings. The van der Waals surface area contributed by atoms with Crippen LogP contribution in [0.3, 0.4) is 0 Å². The molecule has 3 heterocycles. The zero-order valence-electron chi connectivity index (χ0n) is 15.1. The zero-order valence-corrected chi connectivity index (χ0v) is 16.6. The van der Waals surface area contributed by atoms with E-state index in [9.17, 15) is 4.79 Å². The predicted molar refractivity (Wildman–Crippen MR) is 107 cm³/mol. The topological polar surface area (TPSA) is 51.0 Å². The quantitative estimate of drug-likeness (QED) is 0.697. The Morgan fingerprint density at radius 2 is 1.85 bits per heavy atom. The molecular weight excluding hydrogens is 383 g/mol. The van der Waals surface area contributed by atoms with Crippen molar-refractivity contribution in [2.45, 2.75) is 51.1 Å². The Kier molecular flexibility index (Phi) is 5.50. The number of fused-ring (bicyclic) bond motifs is 1. The van der Waals surface area contributed by atoms with E-state index in [2.05, 4.69) is 14.8 Å². The van der Waals surface area contributed by atoms with Gasteiger partial charge in [-0.25, -0.2) is 0 Å². The number of halogens is 2. The van der Waals surface area contributed by atoms with Crippen LogP contribution in [-0.4, -0.2) is 32.1 Å². The number of hydrogen-bond donors (Lipinski definition) is 0. The van der Waals surface area contributed by atoms with E-state index < -0.39 is 0 Å². The van der Waals surface area contributed by atoms with E-state index in [1.54, 1.807) is 30.4 Å². The van der Waals surface area contributed by atoms with Crippen LogP contribution in [0.5, 0.6) is 0 Å². The Bertz CT molecular complexity index is 857. The lowest BCUT2D eigenvalue weighted by Gasteiger charge is -2.23. The molecule has 1 amide bonds. The molecule has 1 unspecified atom stereocenters. The Morgan fingerprint density at radius 1 is 1.04 bits per heavy atom. The molecule has 1 aromatic carbocycles. The standard InChI is InChI=1S/C20H22Cl2N4O/c21-15-11-14(12-16(22)13-15)7-8-19(27)25-10-4-5-17(25)20-24-23-18-6-2-1-3-9-26(18)20/h7-8,11-13,17H,1-6,9-10H2. The molecule has 0 saturated carbocycles. The summed E-state index contributed by atoms with van der Waals surface area (Å²) in [5.41, 5.74) is 0.813. The highest BCUT2D eigenvalue weighted by Gasteiger charge is 2.33. The molecule has 4 rings (SSSR count). The van der Waals surface area contributed by atoms with E-state index in [4.69, 9.17) is 23.2 Å². The fraction of sp³-hybridized carbons (Fsp3) is 0.450. The van der Waals surface area contributed by atoms with Crippen molar-refractivity contribution in [2.75, 3.05) is 6.54 Å². The van der Waals surface area contributed by atoms with Crippen LogP contribution in [0, 0.1) is 0 Å². The summed E-state index contributed by atoms with van der Waals surface area (Å²) in [6.07, 6.45) is 9.78. The van der Waals surface area contributed by atoms with E-state index >= 15 is 0 Å². The van der Waals surface area contributed by atoms with E-state index in [0.29, 0.717) is 10.0 Å². The Balaban J connectivity index is 1.54. The molecule has 0 radical (unpaired) electrons. The number of carbonyl (C=O) groups is 1. The van der Waals surface area contributed by atoms with Gasteiger partial charge in [-0.15, -0.1) is 10.2 Å². The van der Waals surface area contributed by atoms with Gasteiger partial charge in [0.2, 0.25) is 5.91 Å². The Hall–Kier alpha value is -1.85. The second kappa shape index (κ2) is 8.03. The van der Waals surface area contributed by atoms with Crippen molar-refractivity contribution in [2.24, 2.45) is 0 Å². The summed E-state index contributed by atoms with van der Waals surface area (Å²) in [7, 11) is 0. The molecule has 5 nitrogen and oxygen atoms in total. The number of aromatic nitrogens is 3. The maximum Gasteiger partial charge on any atom is 0.247 e. The van der Waals surface area contributed by atoms with Gasteiger partial charge in [0, 0.05) is 35.6 Å². The zero-order chi connectivity index (χ0) is 18.8. The van der Waals surface area contributed by atoms with Gasteiger partial charge in [0.25, 0.3) is 0 Å². The van der Waals surface area contributed by atoms with Crippen LogP contribution >= 0.6 is 23.2 Å². The summed E-state index contributed by atoms with van der Waals surface area (Å²) in [6.45, 7) is 1.69. The number of likely N-dealkylation sites (tertiary alicyclic amines) is 1. The lowest BCUT2D eigenvalue weighted by atomic mass is 10.2. The molecule has 142 valence electrons. The largest absolute Gasteiger partial charge is 0.329 e. The molecule has 1 atom stereocenters. The van der Waals surface area contributed by atoms with Crippen molar-refractivity contribution in [1.82, 2.24) is 19.7 Å². The molecule has 1 saturated heterocycles. The summed E-state index contributed by atoms with van der Waals surface area (Å²) in [5.74, 6) is 1.99. The second-order valence-corrected chi connectivity index (χ2v) is 8.04. The Morgan fingerprint density at radius 3 is 2.67 bits per heavy atom. The van der Waals surface area contributed by atoms with Gasteiger partial charge >= 0.3 is 0 Å². The summed E-state index contributed by atoms with van der Waals surface area (Å²) in [6, 6.07) is 5.26. The van der Waals surface area contributed by atoms with Crippen molar-refractivity contribution >= 4 is 35.2 Å². The molecule has 2 aliphatic rings. The van der Waals surface area contributed by atoms with E-state index in [1.165, 1.54) is 6.42 Å². The maximum atomic E-state index is 12.8. The summed E-state index contributed by atoms with van der Waals surface area (Å²) in [5, 5.41) is 9.96. The van der Waals surface area contributed by atoms with Crippen molar-refractivity contribution in [3.8, 4) is 0 Å². The average Bonchev–Trinajstić information content (AvgIpc) is 3.20. The van der Waals surface area contributed by atoms with Crippen LogP contribution in [0.15, 0.2) is 24.3 Å². The van der Waals surface area contributed by atoms with Crippen LogP contribution in [0.4, 0.5) is 0 Å². The lowest BCUT2D eigenvalue weighted by molar-refractivity contribution is -0.127. The van der Waals surface area contributed by atoms with Crippen LogP contribution in [0.25, 0.3) is 6.08 Å². The van der Waals surface area contributed by atoms with Gasteiger partial charge in [0.15, 0.2) is 5.82 Å². The second-order valence-electron chi connectivity index (χ2n) is 7.16. The fourth-order valence-electron chi connectivity index (χ4n) is 3.99. The molecule has 2 aromatic rings. The summed E-state index contributed by atoms with van der Waals surface area (Å²) in [4.78, 5) is 14.8. The predicted octanol–water partition coefficient (Wildman–Crippen LogP) is 4.69. The first-order valence-electron chi connectivity index (χ1n) is 9.48. The van der Waals surface area contributed by atoms with Crippen LogP contribution in [0.2, 0.25) is 10.0 Å². The van der Waals surface area contributed by atoms with Gasteiger partial charge in [0.05, 0.1) is 6.04 Å². The van der Waals surface area contributed by atoms with E-state index in [1.807, 2.05) is 4.90 Å². The number of carbonyl (C=O) groups excluding carboxylic acids is 1. The highest BCUT2D eigenvalue weighted by atomic mass is 35.5. The van der Waals surface area contributed by atoms with Crippen molar-refractivity contribution in [3.63, 3.8) is 0 Å². The van der Waals surface area contributed by atoms with Crippen molar-refractivity contribution in [1.29, 1.82) is 0 Å². The minimum absolute atomic E-state index is 0.00412. The molecule has 2 aliphatic heterocycles. The van der Waals surface area contributed by atoms with Crippen LogP contribution in [-0.2, 0) is 17.8 Å². The van der Waals surface area contributed by atoms with Gasteiger partial charge < -0.3 is 9.47 Å². The number of nitrogens with zero attached hydrogens (tertiary/aromatic N) is 4. The molecule has 27 heavy (non-hydrogen) atoms. The lowest BCUT2D eigenvalue weighted by Crippen LogP contribution is -2.30. The highest BCUT2D eigenvalue weighted by molar-refractivity contribution is 6.34. The summed E-state index contributed by atoms with van der Waals surface area (Å²) >= 11 is 12.1. The molecule has 0 spiro atoms. The smallest absolute Gasteiger partial charge is 0.247 e. The molecule has 7 heteroatoms. The third kappa shape index (κ3) is 4.04. The Labute approximate surface area is 169 Å². The number of aryl methyl sites for hydroxylation is 1. The van der Waals surface area contributed by atoms with E-state index in [-0.39, 0.29) is 11.9 Å². The molecule has 0 N–H and O–H groups in total. The van der Waals surface area contributed by atoms with Crippen LogP contribution in [0.1, 0.15) is 55.4 Å². The normalized spacial score (nSPS) is 20.1. The number of amides is 1. The average molecular weight is 405 g/mol. The molecule has 0 bridgehead atoms. The van der Waals surface area contributed by atoms with E-state index in [0.717, 1.165) is 62.4 Å². The van der Waals surface area contributed by atoms with Crippen LogP contribution < -0.4 is 0 Å². The van der Waals surface area contributed by atoms with Gasteiger partial charge in [0.1, 0.15) is 5.82 Å². The summed E-state index contributed by atoms with van der Waals surface area (Å²) < 4.78 is 2.24. The first kappa shape index (κ1) is 18.5. The van der Waals surface area contributed by atoms with Gasteiger partial charge in [-0.05, 0) is 55.5 Å². The number of hydrogen-bond acceptors (Lipinski definition) is 3. The maximum absolute atomic E-state index is 12.8. The highest BCUT2D eigenvalue weighted by Crippen LogP contribution is 2.32. The minimum atomic E-state index is -0.0143. The minimum Gasteiger partial charge on any atom is -0.329 e. The molecular formula is C20H22Cl2N4O. The third-order valence-electron chi connectivity index (χ3n) is 5.28. The number of rotatable bonds is 3.